The molecule has 128 valence electrons. The molecular formula is C18H21NO4S. The molecule has 1 aromatic rings. The molecule has 6 heteroatoms. The second-order valence-corrected chi connectivity index (χ2v) is 7.73. The molecule has 0 saturated carbocycles. The van der Waals surface area contributed by atoms with Gasteiger partial charge in [0.15, 0.2) is 0 Å². The molecule has 4 heterocycles. The average Bonchev–Trinajstić information content (AvgIpc) is 3.31. The summed E-state index contributed by atoms with van der Waals surface area (Å²) in [7, 11) is 0. The van der Waals surface area contributed by atoms with E-state index in [9.17, 15) is 9.59 Å². The van der Waals surface area contributed by atoms with Crippen LogP contribution in [0.4, 0.5) is 0 Å². The summed E-state index contributed by atoms with van der Waals surface area (Å²) in [6.45, 7) is 3.55. The third-order valence-corrected chi connectivity index (χ3v) is 5.98. The third-order valence-electron chi connectivity index (χ3n) is 5.12. The Hall–Kier alpha value is -1.66. The number of esters is 1. The number of carbonyl (C=O) groups excluding carboxylic acids is 2. The Morgan fingerprint density at radius 3 is 3.17 bits per heavy atom. The van der Waals surface area contributed by atoms with Crippen LogP contribution in [0.1, 0.15) is 24.6 Å². The summed E-state index contributed by atoms with van der Waals surface area (Å²) in [5.74, 6) is -1.24. The van der Waals surface area contributed by atoms with Gasteiger partial charge in [-0.25, -0.2) is 0 Å². The van der Waals surface area contributed by atoms with E-state index in [1.54, 1.807) is 11.3 Å². The summed E-state index contributed by atoms with van der Waals surface area (Å²) in [6.07, 6.45) is 5.39. The Labute approximate surface area is 145 Å². The summed E-state index contributed by atoms with van der Waals surface area (Å²) >= 11 is 1.63. The summed E-state index contributed by atoms with van der Waals surface area (Å²) in [5.41, 5.74) is -0.645. The van der Waals surface area contributed by atoms with Gasteiger partial charge in [-0.15, -0.1) is 11.3 Å². The topological polar surface area (TPSA) is 55.8 Å². The number of thiophene rings is 1. The van der Waals surface area contributed by atoms with Crippen molar-refractivity contribution in [3.8, 4) is 0 Å². The average molecular weight is 347 g/mol. The largest absolute Gasteiger partial charge is 0.465 e. The van der Waals surface area contributed by atoms with Crippen LogP contribution in [0.25, 0.3) is 0 Å². The maximum absolute atomic E-state index is 13.0. The Bertz CT molecular complexity index is 671. The van der Waals surface area contributed by atoms with E-state index in [1.165, 1.54) is 0 Å². The molecule has 1 aromatic heterocycles. The lowest BCUT2D eigenvalue weighted by molar-refractivity contribution is -0.154. The fourth-order valence-corrected chi connectivity index (χ4v) is 4.70. The van der Waals surface area contributed by atoms with Crippen molar-refractivity contribution < 1.29 is 19.1 Å². The minimum absolute atomic E-state index is 0.00712. The van der Waals surface area contributed by atoms with Gasteiger partial charge in [0.05, 0.1) is 31.7 Å². The standard InChI is InChI=1S/C18H21NO4S/c1-2-3-8-22-17(21)14-13-6-7-18(23-13)11-19(16(20)15(14)18)10-12-5-4-9-24-12/h4-7,9,13-15H,2-3,8,10-11H2,1H3/t13-,14+,15-,18?/m0/s1. The van der Waals surface area contributed by atoms with E-state index >= 15 is 0 Å². The molecule has 2 bridgehead atoms. The highest BCUT2D eigenvalue weighted by Crippen LogP contribution is 2.52. The smallest absolute Gasteiger partial charge is 0.312 e. The maximum Gasteiger partial charge on any atom is 0.312 e. The lowest BCUT2D eigenvalue weighted by Gasteiger charge is -2.22. The van der Waals surface area contributed by atoms with Crippen LogP contribution < -0.4 is 0 Å². The van der Waals surface area contributed by atoms with Gasteiger partial charge in [-0.2, -0.15) is 0 Å². The Morgan fingerprint density at radius 2 is 2.42 bits per heavy atom. The molecule has 0 radical (unpaired) electrons. The van der Waals surface area contributed by atoms with Crippen LogP contribution in [0.15, 0.2) is 29.7 Å². The Morgan fingerprint density at radius 1 is 1.54 bits per heavy atom. The van der Waals surface area contributed by atoms with E-state index in [0.717, 1.165) is 17.7 Å². The Balaban J connectivity index is 1.52. The van der Waals surface area contributed by atoms with E-state index < -0.39 is 17.4 Å². The number of hydrogen-bond donors (Lipinski definition) is 0. The van der Waals surface area contributed by atoms with Gasteiger partial charge in [0.2, 0.25) is 5.91 Å². The number of likely N-dealkylation sites (tertiary alicyclic amines) is 1. The van der Waals surface area contributed by atoms with Gasteiger partial charge in [-0.05, 0) is 17.9 Å². The molecule has 0 N–H and O–H groups in total. The maximum atomic E-state index is 13.0. The van der Waals surface area contributed by atoms with Crippen molar-refractivity contribution in [3.05, 3.63) is 34.5 Å². The molecule has 1 unspecified atom stereocenters. The molecule has 1 amide bonds. The fourth-order valence-electron chi connectivity index (χ4n) is 3.99. The molecule has 0 aliphatic carbocycles. The molecule has 0 aromatic carbocycles. The van der Waals surface area contributed by atoms with Crippen molar-refractivity contribution in [1.82, 2.24) is 4.90 Å². The zero-order valence-corrected chi connectivity index (χ0v) is 14.5. The summed E-state index contributed by atoms with van der Waals surface area (Å²) < 4.78 is 11.5. The zero-order valence-electron chi connectivity index (χ0n) is 13.6. The first-order chi connectivity index (χ1) is 11.6. The van der Waals surface area contributed by atoms with Crippen molar-refractivity contribution in [3.63, 3.8) is 0 Å². The van der Waals surface area contributed by atoms with Crippen LogP contribution >= 0.6 is 11.3 Å². The van der Waals surface area contributed by atoms with Gasteiger partial charge in [-0.3, -0.25) is 9.59 Å². The zero-order chi connectivity index (χ0) is 16.7. The summed E-state index contributed by atoms with van der Waals surface area (Å²) in [4.78, 5) is 28.4. The van der Waals surface area contributed by atoms with Gasteiger partial charge in [0.25, 0.3) is 0 Å². The summed E-state index contributed by atoms with van der Waals surface area (Å²) in [6, 6.07) is 4.00. The third kappa shape index (κ3) is 2.40. The second-order valence-electron chi connectivity index (χ2n) is 6.69. The van der Waals surface area contributed by atoms with Crippen molar-refractivity contribution in [1.29, 1.82) is 0 Å². The predicted octanol–water partition coefficient (Wildman–Crippen LogP) is 2.37. The SMILES string of the molecule is CCCCOC(=O)[C@@H]1[C@@H]2C=CC3(CN(Cc4cccs4)C(=O)[C@H]13)O2. The van der Waals surface area contributed by atoms with Gasteiger partial charge < -0.3 is 14.4 Å². The molecule has 4 rings (SSSR count). The van der Waals surface area contributed by atoms with Gasteiger partial charge in [0.1, 0.15) is 11.5 Å². The Kier molecular flexibility index (Phi) is 3.96. The molecule has 3 aliphatic rings. The number of carbonyl (C=O) groups is 2. The van der Waals surface area contributed by atoms with Crippen molar-refractivity contribution in [2.45, 2.75) is 38.0 Å². The number of ether oxygens (including phenoxy) is 2. The molecule has 2 fully saturated rings. The number of amides is 1. The number of rotatable bonds is 6. The van der Waals surface area contributed by atoms with Crippen molar-refractivity contribution in [2.75, 3.05) is 13.2 Å². The molecule has 4 atom stereocenters. The van der Waals surface area contributed by atoms with Crippen molar-refractivity contribution >= 4 is 23.2 Å². The number of nitrogens with zero attached hydrogens (tertiary/aromatic N) is 1. The monoisotopic (exact) mass is 347 g/mol. The highest BCUT2D eigenvalue weighted by molar-refractivity contribution is 7.09. The fraction of sp³-hybridized carbons (Fsp3) is 0.556. The number of fused-ring (bicyclic) bond motifs is 1. The van der Waals surface area contributed by atoms with Crippen molar-refractivity contribution in [2.24, 2.45) is 11.8 Å². The van der Waals surface area contributed by atoms with E-state index in [1.807, 2.05) is 34.6 Å². The lowest BCUT2D eigenvalue weighted by atomic mass is 9.77. The van der Waals surface area contributed by atoms with Crippen LogP contribution in [0.3, 0.4) is 0 Å². The molecule has 5 nitrogen and oxygen atoms in total. The van der Waals surface area contributed by atoms with E-state index in [0.29, 0.717) is 19.7 Å². The molecule has 3 aliphatic heterocycles. The predicted molar refractivity (Wildman–Crippen MR) is 89.3 cm³/mol. The second kappa shape index (κ2) is 6.01. The van der Waals surface area contributed by atoms with E-state index in [4.69, 9.17) is 9.47 Å². The first kappa shape index (κ1) is 15.8. The van der Waals surface area contributed by atoms with Gasteiger partial charge in [-0.1, -0.05) is 31.6 Å². The number of hydrogen-bond acceptors (Lipinski definition) is 5. The van der Waals surface area contributed by atoms with Gasteiger partial charge in [0, 0.05) is 4.88 Å². The van der Waals surface area contributed by atoms with Crippen LogP contribution in [0.5, 0.6) is 0 Å². The van der Waals surface area contributed by atoms with Crippen LogP contribution in [0.2, 0.25) is 0 Å². The highest BCUT2D eigenvalue weighted by Gasteiger charge is 2.67. The highest BCUT2D eigenvalue weighted by atomic mass is 32.1. The number of unbranched alkanes of at least 4 members (excludes halogenated alkanes) is 1. The molecule has 24 heavy (non-hydrogen) atoms. The van der Waals surface area contributed by atoms with Crippen LogP contribution in [-0.4, -0.2) is 41.6 Å². The first-order valence-electron chi connectivity index (χ1n) is 8.49. The molecule has 1 spiro atoms. The van der Waals surface area contributed by atoms with E-state index in [-0.39, 0.29) is 18.0 Å². The minimum Gasteiger partial charge on any atom is -0.465 e. The normalized spacial score (nSPS) is 33.3. The van der Waals surface area contributed by atoms with Crippen LogP contribution in [-0.2, 0) is 25.6 Å². The first-order valence-corrected chi connectivity index (χ1v) is 9.37. The quantitative estimate of drug-likeness (QED) is 0.450. The van der Waals surface area contributed by atoms with Crippen LogP contribution in [0, 0.1) is 11.8 Å². The minimum atomic E-state index is -0.645. The van der Waals surface area contributed by atoms with E-state index in [2.05, 4.69) is 6.92 Å². The van der Waals surface area contributed by atoms with Gasteiger partial charge >= 0.3 is 5.97 Å². The molecule has 2 saturated heterocycles. The lowest BCUT2D eigenvalue weighted by Crippen LogP contribution is -2.40. The summed E-state index contributed by atoms with van der Waals surface area (Å²) in [5, 5.41) is 2.00. The molecular weight excluding hydrogens is 326 g/mol.